The van der Waals surface area contributed by atoms with Gasteiger partial charge in [-0.2, -0.15) is 0 Å². The Morgan fingerprint density at radius 1 is 1.41 bits per heavy atom. The maximum atomic E-state index is 14.8. The molecule has 27 heavy (non-hydrogen) atoms. The number of aliphatic hydroxyl groups is 2. The molecule has 1 aliphatic heterocycles. The molecular formula is C20H30F2O5. The van der Waals surface area contributed by atoms with Gasteiger partial charge in [0.2, 0.25) is 0 Å². The highest BCUT2D eigenvalue weighted by molar-refractivity contribution is 5.66. The third-order valence-corrected chi connectivity index (χ3v) is 5.36. The second kappa shape index (κ2) is 10.2. The van der Waals surface area contributed by atoms with Gasteiger partial charge in [0.15, 0.2) is 6.17 Å². The molecule has 1 aliphatic carbocycles. The first kappa shape index (κ1) is 21.8. The minimum absolute atomic E-state index is 0.0119. The molecule has 154 valence electrons. The topological polar surface area (TPSA) is 87.0 Å². The number of ether oxygens (including phenoxy) is 1. The van der Waals surface area contributed by atoms with Crippen LogP contribution in [0.3, 0.4) is 0 Å². The number of allylic oxidation sites excluding steroid dienone is 2. The van der Waals surface area contributed by atoms with Gasteiger partial charge in [-0.25, -0.2) is 8.78 Å². The standard InChI is InChI=1S/C20H30F2O5/c1-2-3-6-13(21)14(23)10-9-12-15(24)11-17-19(12)20(22)16(27-17)7-4-5-8-18(25)26/h7,9-10,12-15,17,19-20,23-24H,2-6,8,11H2,1H3,(H,25,26)/t12-,13?,14+,15+,17-,19+,20?/m0/s1. The Hall–Kier alpha value is -1.47. The molecule has 2 aliphatic rings. The molecule has 0 aromatic carbocycles. The van der Waals surface area contributed by atoms with Gasteiger partial charge in [-0.3, -0.25) is 4.79 Å². The minimum Gasteiger partial charge on any atom is -0.491 e. The Kier molecular flexibility index (Phi) is 8.23. The summed E-state index contributed by atoms with van der Waals surface area (Å²) in [6.45, 7) is 1.94. The van der Waals surface area contributed by atoms with Crippen molar-refractivity contribution in [2.24, 2.45) is 11.8 Å². The van der Waals surface area contributed by atoms with E-state index in [0.29, 0.717) is 19.3 Å². The van der Waals surface area contributed by atoms with Crippen LogP contribution in [0.4, 0.5) is 8.78 Å². The van der Waals surface area contributed by atoms with Crippen LogP contribution in [-0.2, 0) is 9.53 Å². The molecule has 5 nitrogen and oxygen atoms in total. The second-order valence-electron chi connectivity index (χ2n) is 7.44. The molecule has 2 rings (SSSR count). The van der Waals surface area contributed by atoms with Gasteiger partial charge in [0.25, 0.3) is 0 Å². The van der Waals surface area contributed by atoms with Crippen LogP contribution in [0.5, 0.6) is 0 Å². The SMILES string of the molecule is CCCCC(F)[C@H](O)C=C[C@@H]1[C@H]2C(F)C(=CCCCC(=O)O)O[C@H]2C[C@H]1O. The molecule has 1 saturated carbocycles. The van der Waals surface area contributed by atoms with Gasteiger partial charge >= 0.3 is 5.97 Å². The fourth-order valence-corrected chi connectivity index (χ4v) is 3.84. The normalized spacial score (nSPS) is 34.0. The summed E-state index contributed by atoms with van der Waals surface area (Å²) in [4.78, 5) is 10.5. The summed E-state index contributed by atoms with van der Waals surface area (Å²) in [6.07, 6.45) is 1.98. The molecule has 0 aromatic rings. The smallest absolute Gasteiger partial charge is 0.303 e. The third-order valence-electron chi connectivity index (χ3n) is 5.36. The molecule has 3 N–H and O–H groups in total. The molecule has 0 spiro atoms. The fourth-order valence-electron chi connectivity index (χ4n) is 3.84. The number of aliphatic carboxylic acids is 1. The van der Waals surface area contributed by atoms with E-state index in [0.717, 1.165) is 6.42 Å². The summed E-state index contributed by atoms with van der Waals surface area (Å²) in [5.41, 5.74) is 0. The van der Waals surface area contributed by atoms with E-state index in [9.17, 15) is 23.8 Å². The van der Waals surface area contributed by atoms with E-state index in [4.69, 9.17) is 9.84 Å². The zero-order valence-corrected chi connectivity index (χ0v) is 15.6. The summed E-state index contributed by atoms with van der Waals surface area (Å²) in [6, 6.07) is 0. The van der Waals surface area contributed by atoms with Crippen LogP contribution in [0.2, 0.25) is 0 Å². The van der Waals surface area contributed by atoms with E-state index in [2.05, 4.69) is 0 Å². The lowest BCUT2D eigenvalue weighted by Crippen LogP contribution is -2.26. The molecule has 0 aromatic heterocycles. The number of alkyl halides is 2. The Morgan fingerprint density at radius 3 is 2.81 bits per heavy atom. The zero-order chi connectivity index (χ0) is 20.0. The first-order valence-electron chi connectivity index (χ1n) is 9.76. The monoisotopic (exact) mass is 388 g/mol. The van der Waals surface area contributed by atoms with Crippen molar-refractivity contribution < 1.29 is 33.6 Å². The quantitative estimate of drug-likeness (QED) is 0.395. The summed E-state index contributed by atoms with van der Waals surface area (Å²) >= 11 is 0. The Balaban J connectivity index is 1.95. The highest BCUT2D eigenvalue weighted by Crippen LogP contribution is 2.47. The first-order valence-corrected chi connectivity index (χ1v) is 9.76. The van der Waals surface area contributed by atoms with Gasteiger partial charge < -0.3 is 20.1 Å². The van der Waals surface area contributed by atoms with E-state index in [-0.39, 0.29) is 25.0 Å². The van der Waals surface area contributed by atoms with Crippen molar-refractivity contribution in [2.45, 2.75) is 82.5 Å². The average molecular weight is 388 g/mol. The lowest BCUT2D eigenvalue weighted by Gasteiger charge is -2.19. The van der Waals surface area contributed by atoms with Gasteiger partial charge in [0.1, 0.15) is 24.1 Å². The zero-order valence-electron chi connectivity index (χ0n) is 15.6. The molecule has 0 amide bonds. The van der Waals surface area contributed by atoms with Crippen LogP contribution < -0.4 is 0 Å². The van der Waals surface area contributed by atoms with E-state index in [1.54, 1.807) is 6.08 Å². The molecule has 7 heteroatoms. The number of unbranched alkanes of at least 4 members (excludes halogenated alkanes) is 2. The van der Waals surface area contributed by atoms with E-state index in [1.807, 2.05) is 6.92 Å². The van der Waals surface area contributed by atoms with Crippen molar-refractivity contribution >= 4 is 5.97 Å². The largest absolute Gasteiger partial charge is 0.491 e. The van der Waals surface area contributed by atoms with Crippen LogP contribution in [-0.4, -0.2) is 51.9 Å². The lowest BCUT2D eigenvalue weighted by molar-refractivity contribution is -0.137. The number of hydrogen-bond acceptors (Lipinski definition) is 4. The number of carboxylic acids is 1. The van der Waals surface area contributed by atoms with Crippen molar-refractivity contribution in [3.63, 3.8) is 0 Å². The third kappa shape index (κ3) is 5.75. The fraction of sp³-hybridized carbons (Fsp3) is 0.750. The number of halogens is 2. The molecule has 1 saturated heterocycles. The minimum atomic E-state index is -1.40. The van der Waals surface area contributed by atoms with E-state index < -0.39 is 48.5 Å². The average Bonchev–Trinajstić information content (AvgIpc) is 3.09. The van der Waals surface area contributed by atoms with Gasteiger partial charge in [-0.1, -0.05) is 31.9 Å². The van der Waals surface area contributed by atoms with Crippen LogP contribution in [0.15, 0.2) is 24.0 Å². The van der Waals surface area contributed by atoms with Crippen LogP contribution >= 0.6 is 0 Å². The second-order valence-corrected chi connectivity index (χ2v) is 7.44. The number of fused-ring (bicyclic) bond motifs is 1. The lowest BCUT2D eigenvalue weighted by atomic mass is 9.89. The highest BCUT2D eigenvalue weighted by Gasteiger charge is 2.53. The van der Waals surface area contributed by atoms with Crippen molar-refractivity contribution in [3.8, 4) is 0 Å². The Morgan fingerprint density at radius 2 is 2.15 bits per heavy atom. The van der Waals surface area contributed by atoms with Crippen LogP contribution in [0.1, 0.15) is 51.9 Å². The van der Waals surface area contributed by atoms with Crippen molar-refractivity contribution in [1.29, 1.82) is 0 Å². The number of hydrogen-bond donors (Lipinski definition) is 3. The molecule has 1 heterocycles. The highest BCUT2D eigenvalue weighted by atomic mass is 19.1. The van der Waals surface area contributed by atoms with Gasteiger partial charge in [0, 0.05) is 24.7 Å². The number of rotatable bonds is 10. The summed E-state index contributed by atoms with van der Waals surface area (Å²) in [5.74, 6) is -1.84. The maximum Gasteiger partial charge on any atom is 0.303 e. The van der Waals surface area contributed by atoms with Crippen molar-refractivity contribution in [1.82, 2.24) is 0 Å². The number of carboxylic acid groups (broad SMARTS) is 1. The van der Waals surface area contributed by atoms with Crippen LogP contribution in [0.25, 0.3) is 0 Å². The Bertz CT molecular complexity index is 550. The molecule has 7 atom stereocenters. The van der Waals surface area contributed by atoms with E-state index in [1.165, 1.54) is 12.2 Å². The predicted octanol–water partition coefficient (Wildman–Crippen LogP) is 3.30. The van der Waals surface area contributed by atoms with Gasteiger partial charge in [-0.15, -0.1) is 0 Å². The van der Waals surface area contributed by atoms with Gasteiger partial charge in [-0.05, 0) is 25.3 Å². The Labute approximate surface area is 158 Å². The maximum absolute atomic E-state index is 14.8. The predicted molar refractivity (Wildman–Crippen MR) is 96.5 cm³/mol. The molecular weight excluding hydrogens is 358 g/mol. The van der Waals surface area contributed by atoms with Crippen molar-refractivity contribution in [3.05, 3.63) is 24.0 Å². The summed E-state index contributed by atoms with van der Waals surface area (Å²) in [7, 11) is 0. The number of aliphatic hydroxyl groups excluding tert-OH is 2. The first-order chi connectivity index (χ1) is 12.8. The van der Waals surface area contributed by atoms with Crippen molar-refractivity contribution in [2.75, 3.05) is 0 Å². The van der Waals surface area contributed by atoms with E-state index >= 15 is 0 Å². The van der Waals surface area contributed by atoms with Gasteiger partial charge in [0.05, 0.1) is 6.10 Å². The summed E-state index contributed by atoms with van der Waals surface area (Å²) < 4.78 is 34.3. The number of carbonyl (C=O) groups is 1. The molecule has 0 radical (unpaired) electrons. The summed E-state index contributed by atoms with van der Waals surface area (Å²) in [5, 5.41) is 28.8. The molecule has 2 unspecified atom stereocenters. The molecule has 2 fully saturated rings. The van der Waals surface area contributed by atoms with Crippen LogP contribution in [0, 0.1) is 11.8 Å². The molecule has 0 bridgehead atoms.